The Bertz CT molecular complexity index is 801. The molecule has 0 unspecified atom stereocenters. The van der Waals surface area contributed by atoms with Crippen molar-refractivity contribution in [2.45, 2.75) is 40.3 Å². The molecule has 1 aromatic heterocycles. The molecule has 0 spiro atoms. The molecular weight excluding hydrogens is 266 g/mol. The SMILES string of the molecule is CC1=C/C(=N\c2c(C)n3n(c2=O)CCC3)C(N)=C(C)C1=N. The van der Waals surface area contributed by atoms with E-state index in [1.807, 2.05) is 25.5 Å². The Morgan fingerprint density at radius 2 is 1.90 bits per heavy atom. The molecule has 3 rings (SSSR count). The Labute approximate surface area is 122 Å². The van der Waals surface area contributed by atoms with Crippen LogP contribution in [0.1, 0.15) is 26.0 Å². The Hall–Kier alpha value is -2.37. The number of fused-ring (bicyclic) bond motifs is 1. The first-order valence-corrected chi connectivity index (χ1v) is 7.05. The number of hydrogen-bond donors (Lipinski definition) is 2. The lowest BCUT2D eigenvalue weighted by atomic mass is 9.94. The van der Waals surface area contributed by atoms with Gasteiger partial charge in [-0.2, -0.15) is 0 Å². The summed E-state index contributed by atoms with van der Waals surface area (Å²) >= 11 is 0. The molecule has 1 aliphatic heterocycles. The molecule has 6 nitrogen and oxygen atoms in total. The lowest BCUT2D eigenvalue weighted by Gasteiger charge is -2.16. The maximum atomic E-state index is 12.4. The van der Waals surface area contributed by atoms with Crippen LogP contribution in [-0.4, -0.2) is 20.8 Å². The number of rotatable bonds is 1. The third-order valence-corrected chi connectivity index (χ3v) is 4.23. The van der Waals surface area contributed by atoms with E-state index in [0.29, 0.717) is 28.4 Å². The summed E-state index contributed by atoms with van der Waals surface area (Å²) in [4.78, 5) is 16.9. The average Bonchev–Trinajstić information content (AvgIpc) is 3.02. The lowest BCUT2D eigenvalue weighted by molar-refractivity contribution is 0.582. The summed E-state index contributed by atoms with van der Waals surface area (Å²) in [7, 11) is 0. The molecule has 0 amide bonds. The van der Waals surface area contributed by atoms with Gasteiger partial charge in [0.05, 0.1) is 22.8 Å². The molecule has 0 aromatic carbocycles. The van der Waals surface area contributed by atoms with Gasteiger partial charge in [0.1, 0.15) is 0 Å². The largest absolute Gasteiger partial charge is 0.397 e. The van der Waals surface area contributed by atoms with Crippen molar-refractivity contribution in [2.75, 3.05) is 0 Å². The predicted molar refractivity (Wildman–Crippen MR) is 83.5 cm³/mol. The Morgan fingerprint density at radius 3 is 2.57 bits per heavy atom. The molecule has 0 saturated heterocycles. The molecule has 21 heavy (non-hydrogen) atoms. The standard InChI is InChI=1S/C15H19N5O/c1-8-7-11(13(17)9(2)12(8)16)18-14-10(3)19-5-4-6-20(19)15(14)21/h7,16H,4-6,17H2,1-3H3/b16-12?,18-11+. The fourth-order valence-corrected chi connectivity index (χ4v) is 2.89. The first-order valence-electron chi connectivity index (χ1n) is 7.05. The highest BCUT2D eigenvalue weighted by Gasteiger charge is 2.22. The maximum absolute atomic E-state index is 12.4. The second-order valence-electron chi connectivity index (χ2n) is 5.58. The smallest absolute Gasteiger partial charge is 0.292 e. The zero-order chi connectivity index (χ0) is 15.3. The van der Waals surface area contributed by atoms with Gasteiger partial charge in [-0.1, -0.05) is 0 Å². The topological polar surface area (TPSA) is 89.2 Å². The van der Waals surface area contributed by atoms with Crippen molar-refractivity contribution in [3.05, 3.63) is 39.0 Å². The van der Waals surface area contributed by atoms with Crippen molar-refractivity contribution in [1.82, 2.24) is 9.36 Å². The third kappa shape index (κ3) is 1.90. The van der Waals surface area contributed by atoms with Crippen LogP contribution in [-0.2, 0) is 13.1 Å². The second kappa shape index (κ2) is 4.58. The van der Waals surface area contributed by atoms with Gasteiger partial charge in [-0.05, 0) is 44.4 Å². The molecular formula is C15H19N5O. The molecule has 0 radical (unpaired) electrons. The average molecular weight is 285 g/mol. The minimum absolute atomic E-state index is 0.0605. The van der Waals surface area contributed by atoms with Gasteiger partial charge < -0.3 is 11.1 Å². The Balaban J connectivity index is 2.16. The lowest BCUT2D eigenvalue weighted by Crippen LogP contribution is -2.22. The van der Waals surface area contributed by atoms with E-state index in [2.05, 4.69) is 4.99 Å². The maximum Gasteiger partial charge on any atom is 0.292 e. The number of aromatic nitrogens is 2. The van der Waals surface area contributed by atoms with E-state index in [4.69, 9.17) is 11.1 Å². The monoisotopic (exact) mass is 285 g/mol. The van der Waals surface area contributed by atoms with E-state index in [0.717, 1.165) is 30.8 Å². The van der Waals surface area contributed by atoms with Gasteiger partial charge >= 0.3 is 0 Å². The quantitative estimate of drug-likeness (QED) is 0.768. The zero-order valence-electron chi connectivity index (χ0n) is 12.5. The van der Waals surface area contributed by atoms with Crippen molar-refractivity contribution in [3.8, 4) is 0 Å². The van der Waals surface area contributed by atoms with E-state index >= 15 is 0 Å². The molecule has 3 N–H and O–H groups in total. The normalized spacial score (nSPS) is 20.2. The summed E-state index contributed by atoms with van der Waals surface area (Å²) in [5, 5.41) is 7.93. The van der Waals surface area contributed by atoms with E-state index in [1.54, 1.807) is 10.8 Å². The number of aliphatic imine (C=N–C) groups is 1. The van der Waals surface area contributed by atoms with Crippen molar-refractivity contribution in [1.29, 1.82) is 5.41 Å². The summed E-state index contributed by atoms with van der Waals surface area (Å²) < 4.78 is 3.72. The zero-order valence-corrected chi connectivity index (χ0v) is 12.5. The van der Waals surface area contributed by atoms with Gasteiger partial charge in [0, 0.05) is 13.1 Å². The van der Waals surface area contributed by atoms with Gasteiger partial charge in [-0.3, -0.25) is 9.48 Å². The molecule has 0 fully saturated rings. The summed E-state index contributed by atoms with van der Waals surface area (Å²) in [6.45, 7) is 7.18. The van der Waals surface area contributed by atoms with Gasteiger partial charge in [0.15, 0.2) is 5.69 Å². The van der Waals surface area contributed by atoms with Gasteiger partial charge in [0.25, 0.3) is 5.56 Å². The number of hydrogen-bond acceptors (Lipinski definition) is 4. The molecule has 2 heterocycles. The van der Waals surface area contributed by atoms with Crippen LogP contribution >= 0.6 is 0 Å². The van der Waals surface area contributed by atoms with Crippen LogP contribution in [0.15, 0.2) is 32.7 Å². The number of nitrogens with two attached hydrogens (primary N) is 1. The molecule has 1 aliphatic carbocycles. The minimum atomic E-state index is -0.0605. The third-order valence-electron chi connectivity index (χ3n) is 4.23. The van der Waals surface area contributed by atoms with E-state index < -0.39 is 0 Å². The molecule has 0 bridgehead atoms. The van der Waals surface area contributed by atoms with Crippen LogP contribution in [0, 0.1) is 12.3 Å². The van der Waals surface area contributed by atoms with E-state index in [1.165, 1.54) is 0 Å². The fourth-order valence-electron chi connectivity index (χ4n) is 2.89. The first kappa shape index (κ1) is 13.6. The highest BCUT2D eigenvalue weighted by molar-refractivity contribution is 6.25. The van der Waals surface area contributed by atoms with Crippen molar-refractivity contribution in [3.63, 3.8) is 0 Å². The first-order chi connectivity index (χ1) is 9.91. The van der Waals surface area contributed by atoms with E-state index in [9.17, 15) is 4.79 Å². The fraction of sp³-hybridized carbons (Fsp3) is 0.400. The highest BCUT2D eigenvalue weighted by atomic mass is 16.1. The number of nitrogens with zero attached hydrogens (tertiary/aromatic N) is 3. The van der Waals surface area contributed by atoms with Crippen LogP contribution in [0.25, 0.3) is 0 Å². The molecule has 1 aromatic rings. The molecule has 0 saturated carbocycles. The van der Waals surface area contributed by atoms with Crippen molar-refractivity contribution < 1.29 is 0 Å². The van der Waals surface area contributed by atoms with Gasteiger partial charge in [-0.15, -0.1) is 0 Å². The Morgan fingerprint density at radius 1 is 1.24 bits per heavy atom. The van der Waals surface area contributed by atoms with Crippen LogP contribution in [0.5, 0.6) is 0 Å². The highest BCUT2D eigenvalue weighted by Crippen LogP contribution is 2.22. The Kier molecular flexibility index (Phi) is 2.97. The predicted octanol–water partition coefficient (Wildman–Crippen LogP) is 1.65. The second-order valence-corrected chi connectivity index (χ2v) is 5.58. The molecule has 0 atom stereocenters. The minimum Gasteiger partial charge on any atom is -0.397 e. The van der Waals surface area contributed by atoms with Crippen molar-refractivity contribution >= 4 is 17.1 Å². The number of nitrogens with one attached hydrogen (secondary N) is 1. The van der Waals surface area contributed by atoms with Crippen LogP contribution in [0.3, 0.4) is 0 Å². The summed E-state index contributed by atoms with van der Waals surface area (Å²) in [5.74, 6) is 0. The molecule has 2 aliphatic rings. The van der Waals surface area contributed by atoms with Crippen LogP contribution in [0.2, 0.25) is 0 Å². The molecule has 6 heteroatoms. The van der Waals surface area contributed by atoms with Gasteiger partial charge in [-0.25, -0.2) is 9.67 Å². The summed E-state index contributed by atoms with van der Waals surface area (Å²) in [6.07, 6.45) is 2.77. The molecule has 110 valence electrons. The van der Waals surface area contributed by atoms with Crippen molar-refractivity contribution in [2.24, 2.45) is 10.7 Å². The van der Waals surface area contributed by atoms with Gasteiger partial charge in [0.2, 0.25) is 0 Å². The number of allylic oxidation sites excluding steroid dienone is 3. The van der Waals surface area contributed by atoms with Crippen LogP contribution in [0.4, 0.5) is 5.69 Å². The van der Waals surface area contributed by atoms with E-state index in [-0.39, 0.29) is 5.56 Å². The van der Waals surface area contributed by atoms with Crippen LogP contribution < -0.4 is 11.3 Å². The summed E-state index contributed by atoms with van der Waals surface area (Å²) in [6, 6.07) is 0. The summed E-state index contributed by atoms with van der Waals surface area (Å²) in [5.41, 5.74) is 10.3.